The summed E-state index contributed by atoms with van der Waals surface area (Å²) in [5.41, 5.74) is 8.60. The highest BCUT2D eigenvalue weighted by atomic mass is 16.3. The summed E-state index contributed by atoms with van der Waals surface area (Å²) in [5.74, 6) is 0. The van der Waals surface area contributed by atoms with E-state index in [2.05, 4.69) is 59.6 Å². The molecule has 0 bridgehead atoms. The van der Waals surface area contributed by atoms with E-state index in [0.717, 1.165) is 65.9 Å². The van der Waals surface area contributed by atoms with Crippen molar-refractivity contribution in [3.63, 3.8) is 0 Å². The van der Waals surface area contributed by atoms with Gasteiger partial charge in [0.2, 0.25) is 0 Å². The normalized spacial score (nSPS) is 14.6. The lowest BCUT2D eigenvalue weighted by atomic mass is 9.92. The van der Waals surface area contributed by atoms with E-state index in [9.17, 15) is 5.26 Å². The molecule has 1 aliphatic rings. The first-order valence-electron chi connectivity index (χ1n) is 10.8. The van der Waals surface area contributed by atoms with Crippen LogP contribution in [0, 0.1) is 18.3 Å². The number of hydrogen-bond donors (Lipinski definition) is 1. The average molecular weight is 408 g/mol. The van der Waals surface area contributed by atoms with E-state index in [4.69, 9.17) is 4.42 Å². The van der Waals surface area contributed by atoms with Crippen LogP contribution < -0.4 is 5.32 Å². The van der Waals surface area contributed by atoms with Crippen LogP contribution in [-0.2, 0) is 6.54 Å². The molecule has 154 valence electrons. The Labute approximate surface area is 182 Å². The molecule has 0 radical (unpaired) electrons. The number of piperazine rings is 1. The largest absolute Gasteiger partial charge is 0.464 e. The minimum Gasteiger partial charge on any atom is -0.464 e. The van der Waals surface area contributed by atoms with Crippen LogP contribution in [0.15, 0.2) is 71.3 Å². The molecule has 4 nitrogen and oxygen atoms in total. The van der Waals surface area contributed by atoms with Crippen LogP contribution in [0.3, 0.4) is 0 Å². The SMILES string of the molecule is Cc1ccc(-c2cc3occ(CN4CCNCC4)c3cc2-c2ccc(C#N)cc2)cc1. The molecule has 5 rings (SSSR count). The van der Waals surface area contributed by atoms with E-state index in [0.29, 0.717) is 5.56 Å². The Balaban J connectivity index is 1.63. The molecule has 0 aliphatic carbocycles. The number of fused-ring (bicyclic) bond motifs is 1. The van der Waals surface area contributed by atoms with Gasteiger partial charge < -0.3 is 9.73 Å². The van der Waals surface area contributed by atoms with Gasteiger partial charge >= 0.3 is 0 Å². The van der Waals surface area contributed by atoms with Crippen molar-refractivity contribution in [2.45, 2.75) is 13.5 Å². The van der Waals surface area contributed by atoms with E-state index in [1.807, 2.05) is 30.5 Å². The van der Waals surface area contributed by atoms with Gasteiger partial charge in [0.15, 0.2) is 0 Å². The minimum atomic E-state index is 0.671. The number of benzene rings is 3. The Bertz CT molecular complexity index is 1240. The maximum atomic E-state index is 9.19. The molecule has 4 aromatic rings. The summed E-state index contributed by atoms with van der Waals surface area (Å²) < 4.78 is 6.02. The summed E-state index contributed by atoms with van der Waals surface area (Å²) in [5, 5.41) is 13.8. The van der Waals surface area contributed by atoms with Gasteiger partial charge in [-0.3, -0.25) is 4.90 Å². The molecule has 0 unspecified atom stereocenters. The number of furan rings is 1. The number of hydrogen-bond acceptors (Lipinski definition) is 4. The van der Waals surface area contributed by atoms with Crippen LogP contribution in [-0.4, -0.2) is 31.1 Å². The van der Waals surface area contributed by atoms with Gasteiger partial charge in [0, 0.05) is 43.7 Å². The highest BCUT2D eigenvalue weighted by molar-refractivity contribution is 5.95. The summed E-state index contributed by atoms with van der Waals surface area (Å²) in [6.45, 7) is 7.16. The molecule has 0 amide bonds. The summed E-state index contributed by atoms with van der Waals surface area (Å²) in [4.78, 5) is 2.47. The zero-order valence-electron chi connectivity index (χ0n) is 17.7. The zero-order chi connectivity index (χ0) is 21.2. The fourth-order valence-electron chi connectivity index (χ4n) is 4.29. The minimum absolute atomic E-state index is 0.671. The third-order valence-electron chi connectivity index (χ3n) is 6.08. The fourth-order valence-corrected chi connectivity index (χ4v) is 4.29. The van der Waals surface area contributed by atoms with Crippen molar-refractivity contribution in [1.82, 2.24) is 10.2 Å². The highest BCUT2D eigenvalue weighted by Crippen LogP contribution is 2.38. The molecule has 1 aliphatic heterocycles. The van der Waals surface area contributed by atoms with Crippen molar-refractivity contribution in [3.8, 4) is 28.3 Å². The fraction of sp³-hybridized carbons (Fsp3) is 0.222. The Morgan fingerprint density at radius 1 is 0.935 bits per heavy atom. The molecule has 0 spiro atoms. The van der Waals surface area contributed by atoms with Gasteiger partial charge in [-0.2, -0.15) is 5.26 Å². The van der Waals surface area contributed by atoms with E-state index in [1.54, 1.807) is 0 Å². The average Bonchev–Trinajstić information content (AvgIpc) is 3.21. The number of nitrogens with one attached hydrogen (secondary N) is 1. The third kappa shape index (κ3) is 3.98. The van der Waals surface area contributed by atoms with Crippen molar-refractivity contribution in [2.75, 3.05) is 26.2 Å². The van der Waals surface area contributed by atoms with E-state index < -0.39 is 0 Å². The molecule has 0 saturated carbocycles. The van der Waals surface area contributed by atoms with Crippen LogP contribution in [0.4, 0.5) is 0 Å². The predicted molar refractivity (Wildman–Crippen MR) is 125 cm³/mol. The first kappa shape index (κ1) is 19.6. The monoisotopic (exact) mass is 407 g/mol. The molecule has 4 heteroatoms. The molecule has 1 fully saturated rings. The summed E-state index contributed by atoms with van der Waals surface area (Å²) in [6.07, 6.45) is 1.91. The van der Waals surface area contributed by atoms with Crippen LogP contribution in [0.25, 0.3) is 33.2 Å². The highest BCUT2D eigenvalue weighted by Gasteiger charge is 2.17. The van der Waals surface area contributed by atoms with Gasteiger partial charge in [-0.25, -0.2) is 0 Å². The van der Waals surface area contributed by atoms with Crippen molar-refractivity contribution >= 4 is 11.0 Å². The lowest BCUT2D eigenvalue weighted by molar-refractivity contribution is 0.233. The van der Waals surface area contributed by atoms with Crippen molar-refractivity contribution in [1.29, 1.82) is 5.26 Å². The third-order valence-corrected chi connectivity index (χ3v) is 6.08. The van der Waals surface area contributed by atoms with Crippen molar-refractivity contribution in [2.24, 2.45) is 0 Å². The lowest BCUT2D eigenvalue weighted by Crippen LogP contribution is -2.42. The van der Waals surface area contributed by atoms with Gasteiger partial charge in [0.05, 0.1) is 17.9 Å². The molecule has 0 atom stereocenters. The Kier molecular flexibility index (Phi) is 5.30. The van der Waals surface area contributed by atoms with Gasteiger partial charge in [-0.15, -0.1) is 0 Å². The lowest BCUT2D eigenvalue weighted by Gasteiger charge is -2.26. The maximum Gasteiger partial charge on any atom is 0.134 e. The number of aryl methyl sites for hydroxylation is 1. The molecule has 31 heavy (non-hydrogen) atoms. The van der Waals surface area contributed by atoms with E-state index >= 15 is 0 Å². The van der Waals surface area contributed by atoms with E-state index in [-0.39, 0.29) is 0 Å². The topological polar surface area (TPSA) is 52.2 Å². The molecule has 2 heterocycles. The Morgan fingerprint density at radius 2 is 1.58 bits per heavy atom. The number of nitrogens with zero attached hydrogens (tertiary/aromatic N) is 2. The van der Waals surface area contributed by atoms with Crippen LogP contribution >= 0.6 is 0 Å². The molecular weight excluding hydrogens is 382 g/mol. The van der Waals surface area contributed by atoms with Crippen LogP contribution in [0.1, 0.15) is 16.7 Å². The van der Waals surface area contributed by atoms with Crippen molar-refractivity contribution in [3.05, 3.63) is 83.6 Å². The maximum absolute atomic E-state index is 9.19. The smallest absolute Gasteiger partial charge is 0.134 e. The van der Waals surface area contributed by atoms with Gasteiger partial charge in [0.25, 0.3) is 0 Å². The molecule has 3 aromatic carbocycles. The Hall–Kier alpha value is -3.39. The Morgan fingerprint density at radius 3 is 2.26 bits per heavy atom. The zero-order valence-corrected chi connectivity index (χ0v) is 17.7. The first-order chi connectivity index (χ1) is 15.2. The number of rotatable bonds is 4. The van der Waals surface area contributed by atoms with Crippen LogP contribution in [0.2, 0.25) is 0 Å². The van der Waals surface area contributed by atoms with Gasteiger partial charge in [0.1, 0.15) is 5.58 Å². The summed E-state index contributed by atoms with van der Waals surface area (Å²) in [6, 6.07) is 23.1. The number of nitriles is 1. The molecule has 1 N–H and O–H groups in total. The predicted octanol–water partition coefficient (Wildman–Crippen LogP) is 5.35. The molecule has 1 saturated heterocycles. The molecule has 1 aromatic heterocycles. The quantitative estimate of drug-likeness (QED) is 0.495. The summed E-state index contributed by atoms with van der Waals surface area (Å²) in [7, 11) is 0. The van der Waals surface area contributed by atoms with Crippen molar-refractivity contribution < 1.29 is 4.42 Å². The second kappa shape index (κ2) is 8.39. The van der Waals surface area contributed by atoms with Crippen LogP contribution in [0.5, 0.6) is 0 Å². The second-order valence-electron chi connectivity index (χ2n) is 8.24. The summed E-state index contributed by atoms with van der Waals surface area (Å²) >= 11 is 0. The van der Waals surface area contributed by atoms with Gasteiger partial charge in [-0.1, -0.05) is 42.0 Å². The van der Waals surface area contributed by atoms with E-state index in [1.165, 1.54) is 11.1 Å². The molecular formula is C27H25N3O. The standard InChI is InChI=1S/C27H25N3O/c1-19-2-6-21(7-3-19)25-15-27-26(14-24(25)22-8-4-20(16-28)5-9-22)23(18-31-27)17-30-12-10-29-11-13-30/h2-9,14-15,18,29H,10-13,17H2,1H3. The first-order valence-corrected chi connectivity index (χ1v) is 10.8. The van der Waals surface area contributed by atoms with Gasteiger partial charge in [-0.05, 0) is 53.4 Å². The second-order valence-corrected chi connectivity index (χ2v) is 8.24.